The molecular formula is C17H19ClFNO. The quantitative estimate of drug-likeness (QED) is 0.845. The van der Waals surface area contributed by atoms with Gasteiger partial charge in [-0.15, -0.1) is 0 Å². The molecule has 4 heteroatoms. The van der Waals surface area contributed by atoms with Gasteiger partial charge in [-0.3, -0.25) is 0 Å². The van der Waals surface area contributed by atoms with E-state index in [1.54, 1.807) is 6.07 Å². The van der Waals surface area contributed by atoms with E-state index in [0.29, 0.717) is 18.4 Å². The monoisotopic (exact) mass is 307 g/mol. The average Bonchev–Trinajstić information content (AvgIpc) is 2.47. The Morgan fingerprint density at radius 2 is 1.90 bits per heavy atom. The molecule has 0 spiro atoms. The molecule has 0 bridgehead atoms. The normalized spacial score (nSPS) is 10.9. The van der Waals surface area contributed by atoms with Crippen LogP contribution >= 0.6 is 11.6 Å². The summed E-state index contributed by atoms with van der Waals surface area (Å²) in [5.74, 6) is 0.00617. The van der Waals surface area contributed by atoms with Gasteiger partial charge in [-0.05, 0) is 23.3 Å². The fraction of sp³-hybridized carbons (Fsp3) is 0.294. The maximum absolute atomic E-state index is 13.3. The zero-order chi connectivity index (χ0) is 15.2. The number of hydrogen-bond donors (Lipinski definition) is 1. The van der Waals surface area contributed by atoms with Crippen molar-refractivity contribution in [1.29, 1.82) is 0 Å². The molecule has 2 aromatic rings. The molecular weight excluding hydrogens is 289 g/mol. The van der Waals surface area contributed by atoms with Crippen molar-refractivity contribution < 1.29 is 9.13 Å². The number of benzene rings is 2. The number of nitrogens with one attached hydrogen (secondary N) is 1. The summed E-state index contributed by atoms with van der Waals surface area (Å²) in [6, 6.07) is 13.0. The first-order chi connectivity index (χ1) is 10.0. The Morgan fingerprint density at radius 3 is 2.62 bits per heavy atom. The van der Waals surface area contributed by atoms with E-state index in [0.717, 1.165) is 12.1 Å². The third-order valence-electron chi connectivity index (χ3n) is 3.00. The molecule has 0 saturated heterocycles. The Kier molecular flexibility index (Phi) is 5.59. The van der Waals surface area contributed by atoms with Crippen molar-refractivity contribution in [2.45, 2.75) is 33.0 Å². The molecule has 0 aliphatic heterocycles. The third kappa shape index (κ3) is 5.03. The second-order valence-corrected chi connectivity index (χ2v) is 5.63. The minimum absolute atomic E-state index is 0.101. The van der Waals surface area contributed by atoms with Gasteiger partial charge in [-0.25, -0.2) is 4.39 Å². The van der Waals surface area contributed by atoms with Crippen molar-refractivity contribution >= 4 is 11.6 Å². The second kappa shape index (κ2) is 7.43. The highest BCUT2D eigenvalue weighted by molar-refractivity contribution is 6.30. The highest BCUT2D eigenvalue weighted by atomic mass is 35.5. The standard InChI is InChI=1S/C17H19ClFNO/c1-12(2)20-10-13-4-3-5-14(8-13)11-21-15-6-7-16(18)17(19)9-15/h3-9,12,20H,10-11H2,1-2H3. The Hall–Kier alpha value is -1.58. The van der Waals surface area contributed by atoms with E-state index in [4.69, 9.17) is 16.3 Å². The summed E-state index contributed by atoms with van der Waals surface area (Å²) in [4.78, 5) is 0. The molecule has 0 unspecified atom stereocenters. The van der Waals surface area contributed by atoms with Crippen LogP contribution in [-0.2, 0) is 13.2 Å². The maximum atomic E-state index is 13.3. The lowest BCUT2D eigenvalue weighted by molar-refractivity contribution is 0.304. The highest BCUT2D eigenvalue weighted by Crippen LogP contribution is 2.21. The average molecular weight is 308 g/mol. The summed E-state index contributed by atoms with van der Waals surface area (Å²) >= 11 is 5.64. The first-order valence-electron chi connectivity index (χ1n) is 6.93. The summed E-state index contributed by atoms with van der Waals surface area (Å²) < 4.78 is 18.9. The van der Waals surface area contributed by atoms with E-state index in [-0.39, 0.29) is 5.02 Å². The summed E-state index contributed by atoms with van der Waals surface area (Å²) in [7, 11) is 0. The fourth-order valence-electron chi connectivity index (χ4n) is 1.88. The zero-order valence-electron chi connectivity index (χ0n) is 12.2. The minimum Gasteiger partial charge on any atom is -0.489 e. The molecule has 0 aliphatic rings. The van der Waals surface area contributed by atoms with Gasteiger partial charge in [0.1, 0.15) is 18.2 Å². The predicted molar refractivity (Wildman–Crippen MR) is 84.2 cm³/mol. The highest BCUT2D eigenvalue weighted by Gasteiger charge is 2.03. The first kappa shape index (κ1) is 15.8. The zero-order valence-corrected chi connectivity index (χ0v) is 13.0. The van der Waals surface area contributed by atoms with Gasteiger partial charge in [0.2, 0.25) is 0 Å². The molecule has 0 fully saturated rings. The van der Waals surface area contributed by atoms with Crippen LogP contribution in [0.4, 0.5) is 4.39 Å². The largest absolute Gasteiger partial charge is 0.489 e. The Labute approximate surface area is 129 Å². The molecule has 0 radical (unpaired) electrons. The first-order valence-corrected chi connectivity index (χ1v) is 7.31. The van der Waals surface area contributed by atoms with Gasteiger partial charge in [0.25, 0.3) is 0 Å². The van der Waals surface area contributed by atoms with E-state index < -0.39 is 5.82 Å². The lowest BCUT2D eigenvalue weighted by Gasteiger charge is -2.10. The summed E-state index contributed by atoms with van der Waals surface area (Å²) in [5.41, 5.74) is 2.25. The lowest BCUT2D eigenvalue weighted by atomic mass is 10.1. The summed E-state index contributed by atoms with van der Waals surface area (Å²) in [6.07, 6.45) is 0. The molecule has 0 aliphatic carbocycles. The van der Waals surface area contributed by atoms with Crippen LogP contribution in [0, 0.1) is 5.82 Å². The van der Waals surface area contributed by atoms with Crippen LogP contribution < -0.4 is 10.1 Å². The van der Waals surface area contributed by atoms with Crippen molar-refractivity contribution in [3.63, 3.8) is 0 Å². The maximum Gasteiger partial charge on any atom is 0.145 e. The predicted octanol–water partition coefficient (Wildman–Crippen LogP) is 4.56. The Morgan fingerprint density at radius 1 is 1.14 bits per heavy atom. The van der Waals surface area contributed by atoms with E-state index >= 15 is 0 Å². The molecule has 21 heavy (non-hydrogen) atoms. The fourth-order valence-corrected chi connectivity index (χ4v) is 2.00. The molecule has 2 aromatic carbocycles. The molecule has 1 N–H and O–H groups in total. The van der Waals surface area contributed by atoms with E-state index in [1.807, 2.05) is 12.1 Å². The van der Waals surface area contributed by atoms with Crippen molar-refractivity contribution in [2.24, 2.45) is 0 Å². The van der Waals surface area contributed by atoms with Crippen molar-refractivity contribution in [3.8, 4) is 5.75 Å². The molecule has 2 nitrogen and oxygen atoms in total. The number of rotatable bonds is 6. The molecule has 0 aromatic heterocycles. The molecule has 0 heterocycles. The van der Waals surface area contributed by atoms with Crippen LogP contribution in [-0.4, -0.2) is 6.04 Å². The van der Waals surface area contributed by atoms with Gasteiger partial charge in [0.15, 0.2) is 0 Å². The SMILES string of the molecule is CC(C)NCc1cccc(COc2ccc(Cl)c(F)c2)c1. The minimum atomic E-state index is -0.468. The number of halogens is 2. The van der Waals surface area contributed by atoms with Gasteiger partial charge in [0, 0.05) is 18.7 Å². The molecule has 0 atom stereocenters. The van der Waals surface area contributed by atoms with Crippen LogP contribution in [0.25, 0.3) is 0 Å². The second-order valence-electron chi connectivity index (χ2n) is 5.22. The number of ether oxygens (including phenoxy) is 1. The van der Waals surface area contributed by atoms with Crippen molar-refractivity contribution in [2.75, 3.05) is 0 Å². The van der Waals surface area contributed by atoms with E-state index in [1.165, 1.54) is 17.7 Å². The summed E-state index contributed by atoms with van der Waals surface area (Å²) in [6.45, 7) is 5.45. The van der Waals surface area contributed by atoms with Gasteiger partial charge < -0.3 is 10.1 Å². The van der Waals surface area contributed by atoms with E-state index in [2.05, 4.69) is 31.3 Å². The Bertz CT molecular complexity index is 601. The summed E-state index contributed by atoms with van der Waals surface area (Å²) in [5, 5.41) is 3.47. The number of hydrogen-bond acceptors (Lipinski definition) is 2. The van der Waals surface area contributed by atoms with Gasteiger partial charge in [0.05, 0.1) is 5.02 Å². The van der Waals surface area contributed by atoms with E-state index in [9.17, 15) is 4.39 Å². The van der Waals surface area contributed by atoms with Crippen molar-refractivity contribution in [1.82, 2.24) is 5.32 Å². The molecule has 0 saturated carbocycles. The molecule has 0 amide bonds. The van der Waals surface area contributed by atoms with Crippen molar-refractivity contribution in [3.05, 3.63) is 64.4 Å². The van der Waals surface area contributed by atoms with Crippen LogP contribution in [0.1, 0.15) is 25.0 Å². The molecule has 2 rings (SSSR count). The topological polar surface area (TPSA) is 21.3 Å². The van der Waals surface area contributed by atoms with Gasteiger partial charge >= 0.3 is 0 Å². The van der Waals surface area contributed by atoms with Crippen LogP contribution in [0.3, 0.4) is 0 Å². The van der Waals surface area contributed by atoms with Crippen LogP contribution in [0.5, 0.6) is 5.75 Å². The van der Waals surface area contributed by atoms with Crippen LogP contribution in [0.15, 0.2) is 42.5 Å². The van der Waals surface area contributed by atoms with Gasteiger partial charge in [-0.2, -0.15) is 0 Å². The Balaban J connectivity index is 1.96. The third-order valence-corrected chi connectivity index (χ3v) is 3.31. The van der Waals surface area contributed by atoms with Crippen LogP contribution in [0.2, 0.25) is 5.02 Å². The van der Waals surface area contributed by atoms with Gasteiger partial charge in [-0.1, -0.05) is 49.7 Å². The molecule has 112 valence electrons. The lowest BCUT2D eigenvalue weighted by Crippen LogP contribution is -2.21. The smallest absolute Gasteiger partial charge is 0.145 e.